The smallest absolute Gasteiger partial charge is 0.390 e. The predicted molar refractivity (Wildman–Crippen MR) is 83.1 cm³/mol. The van der Waals surface area contributed by atoms with Crippen LogP contribution >= 0.6 is 0 Å². The molecule has 0 saturated carbocycles. The van der Waals surface area contributed by atoms with E-state index < -0.39 is 41.2 Å². The van der Waals surface area contributed by atoms with Crippen LogP contribution in [0.25, 0.3) is 0 Å². The zero-order chi connectivity index (χ0) is 18.2. The molecular weight excluding hydrogens is 339 g/mol. The van der Waals surface area contributed by atoms with Crippen LogP contribution in [0.4, 0.5) is 23.7 Å². The van der Waals surface area contributed by atoms with Crippen LogP contribution in [0.1, 0.15) is 22.7 Å². The second-order valence-corrected chi connectivity index (χ2v) is 5.68. The van der Waals surface area contributed by atoms with Gasteiger partial charge in [-0.3, -0.25) is 4.79 Å². The maximum atomic E-state index is 12.7. The van der Waals surface area contributed by atoms with Crippen molar-refractivity contribution in [3.05, 3.63) is 63.6 Å². The predicted octanol–water partition coefficient (Wildman–Crippen LogP) is 2.17. The molecule has 1 aliphatic rings. The molecule has 9 heteroatoms. The van der Waals surface area contributed by atoms with Crippen molar-refractivity contribution in [1.29, 1.82) is 0 Å². The summed E-state index contributed by atoms with van der Waals surface area (Å²) in [5, 5.41) is 14.7. The van der Waals surface area contributed by atoms with Gasteiger partial charge in [0.1, 0.15) is 5.69 Å². The number of rotatable bonds is 2. The van der Waals surface area contributed by atoms with Crippen LogP contribution in [-0.2, 0) is 12.6 Å². The van der Waals surface area contributed by atoms with Crippen molar-refractivity contribution in [1.82, 2.24) is 10.3 Å². The molecule has 2 aromatic rings. The zero-order valence-corrected chi connectivity index (χ0v) is 12.7. The fourth-order valence-corrected chi connectivity index (χ4v) is 2.79. The number of hydrogen-bond acceptors (Lipinski definition) is 3. The first-order chi connectivity index (χ1) is 11.8. The van der Waals surface area contributed by atoms with E-state index in [1.54, 1.807) is 18.2 Å². The first-order valence-corrected chi connectivity index (χ1v) is 7.39. The Kier molecular flexibility index (Phi) is 4.25. The number of carbonyl (C=O) groups excluding carboxylic acids is 1. The number of carbonyl (C=O) groups is 1. The topological polar surface area (TPSA) is 94.2 Å². The normalized spacial score (nSPS) is 19.4. The van der Waals surface area contributed by atoms with Crippen molar-refractivity contribution < 1.29 is 23.1 Å². The van der Waals surface area contributed by atoms with E-state index in [0.29, 0.717) is 18.7 Å². The van der Waals surface area contributed by atoms with Gasteiger partial charge in [-0.1, -0.05) is 24.3 Å². The Labute approximate surface area is 139 Å². The summed E-state index contributed by atoms with van der Waals surface area (Å²) in [6.07, 6.45) is -4.63. The Bertz CT molecular complexity index is 863. The number of amides is 2. The molecule has 25 heavy (non-hydrogen) atoms. The van der Waals surface area contributed by atoms with Crippen LogP contribution in [0.5, 0.6) is 0 Å². The summed E-state index contributed by atoms with van der Waals surface area (Å²) in [7, 11) is 0. The number of aromatic nitrogens is 1. The molecule has 2 amide bonds. The molecule has 2 atom stereocenters. The minimum atomic E-state index is -4.66. The highest BCUT2D eigenvalue weighted by Gasteiger charge is 2.33. The van der Waals surface area contributed by atoms with E-state index in [1.807, 2.05) is 11.1 Å². The van der Waals surface area contributed by atoms with E-state index in [9.17, 15) is 27.9 Å². The fraction of sp³-hybridized carbons (Fsp3) is 0.250. The van der Waals surface area contributed by atoms with Crippen molar-refractivity contribution in [2.75, 3.05) is 5.32 Å². The van der Waals surface area contributed by atoms with Gasteiger partial charge in [-0.05, 0) is 17.2 Å². The molecule has 0 bridgehead atoms. The van der Waals surface area contributed by atoms with Gasteiger partial charge >= 0.3 is 12.2 Å². The number of H-pyrrole nitrogens is 1. The lowest BCUT2D eigenvalue weighted by atomic mass is 10.1. The third-order valence-corrected chi connectivity index (χ3v) is 3.97. The highest BCUT2D eigenvalue weighted by atomic mass is 19.4. The largest absolute Gasteiger partial charge is 0.417 e. The van der Waals surface area contributed by atoms with Gasteiger partial charge in [-0.25, -0.2) is 4.79 Å². The summed E-state index contributed by atoms with van der Waals surface area (Å²) in [4.78, 5) is 25.6. The summed E-state index contributed by atoms with van der Waals surface area (Å²) in [5.41, 5.74) is -0.891. The Morgan fingerprint density at radius 3 is 2.72 bits per heavy atom. The van der Waals surface area contributed by atoms with E-state index in [4.69, 9.17) is 0 Å². The van der Waals surface area contributed by atoms with Crippen LogP contribution in [0, 0.1) is 0 Å². The SMILES string of the molecule is O=C(Nc1cc(C(F)(F)F)c[nH]c1=O)N[C@@H]1c2ccccc2C[C@@H]1O. The first kappa shape index (κ1) is 17.0. The molecule has 1 aromatic heterocycles. The van der Waals surface area contributed by atoms with E-state index in [0.717, 1.165) is 11.1 Å². The van der Waals surface area contributed by atoms with Crippen LogP contribution < -0.4 is 16.2 Å². The van der Waals surface area contributed by atoms with Gasteiger partial charge in [0.15, 0.2) is 0 Å². The van der Waals surface area contributed by atoms with Gasteiger partial charge in [0.2, 0.25) is 0 Å². The van der Waals surface area contributed by atoms with Crippen molar-refractivity contribution >= 4 is 11.7 Å². The number of alkyl halides is 3. The van der Waals surface area contributed by atoms with E-state index in [2.05, 4.69) is 10.6 Å². The van der Waals surface area contributed by atoms with E-state index in [1.165, 1.54) is 0 Å². The van der Waals surface area contributed by atoms with Crippen molar-refractivity contribution in [2.24, 2.45) is 0 Å². The van der Waals surface area contributed by atoms with Gasteiger partial charge < -0.3 is 20.7 Å². The minimum Gasteiger partial charge on any atom is -0.390 e. The maximum absolute atomic E-state index is 12.7. The number of urea groups is 1. The highest BCUT2D eigenvalue weighted by Crippen LogP contribution is 2.31. The molecule has 0 aliphatic heterocycles. The second kappa shape index (κ2) is 6.25. The number of pyridine rings is 1. The number of fused-ring (bicyclic) bond motifs is 1. The zero-order valence-electron chi connectivity index (χ0n) is 12.7. The summed E-state index contributed by atoms with van der Waals surface area (Å²) in [6.45, 7) is 0. The number of anilines is 1. The summed E-state index contributed by atoms with van der Waals surface area (Å²) in [5.74, 6) is 0. The molecule has 132 valence electrons. The van der Waals surface area contributed by atoms with Crippen molar-refractivity contribution in [3.8, 4) is 0 Å². The number of nitrogens with one attached hydrogen (secondary N) is 3. The Hall–Kier alpha value is -2.81. The van der Waals surface area contributed by atoms with Crippen LogP contribution in [0.3, 0.4) is 0 Å². The maximum Gasteiger partial charge on any atom is 0.417 e. The molecule has 1 aromatic carbocycles. The summed E-state index contributed by atoms with van der Waals surface area (Å²) in [6, 6.07) is 6.07. The lowest BCUT2D eigenvalue weighted by molar-refractivity contribution is -0.137. The average Bonchev–Trinajstić information content (AvgIpc) is 2.84. The quantitative estimate of drug-likeness (QED) is 0.667. The molecule has 0 unspecified atom stereocenters. The fourth-order valence-electron chi connectivity index (χ4n) is 2.79. The number of aliphatic hydroxyl groups is 1. The number of aliphatic hydroxyl groups excluding tert-OH is 1. The highest BCUT2D eigenvalue weighted by molar-refractivity contribution is 5.89. The molecule has 6 nitrogen and oxygen atoms in total. The number of halogens is 3. The molecule has 0 spiro atoms. The van der Waals surface area contributed by atoms with Crippen LogP contribution in [0.2, 0.25) is 0 Å². The lowest BCUT2D eigenvalue weighted by Gasteiger charge is -2.18. The molecule has 4 N–H and O–H groups in total. The Morgan fingerprint density at radius 2 is 2.00 bits per heavy atom. The molecule has 1 aliphatic carbocycles. The van der Waals surface area contributed by atoms with Gasteiger partial charge in [-0.15, -0.1) is 0 Å². The lowest BCUT2D eigenvalue weighted by Crippen LogP contribution is -2.38. The van der Waals surface area contributed by atoms with Gasteiger partial charge in [-0.2, -0.15) is 13.2 Å². The third kappa shape index (κ3) is 3.50. The average molecular weight is 353 g/mol. The molecule has 0 saturated heterocycles. The molecule has 0 fully saturated rings. The second-order valence-electron chi connectivity index (χ2n) is 5.68. The van der Waals surface area contributed by atoms with Gasteiger partial charge in [0, 0.05) is 12.6 Å². The standard InChI is InChI=1S/C16H14F3N3O3/c17-16(18,19)9-6-11(14(24)20-7-9)21-15(25)22-13-10-4-2-1-3-8(10)5-12(13)23/h1-4,6-7,12-13,23H,5H2,(H,20,24)(H2,21,22,25)/t12-,13+/m0/s1. The summed E-state index contributed by atoms with van der Waals surface area (Å²) < 4.78 is 38.1. The van der Waals surface area contributed by atoms with Gasteiger partial charge in [0.05, 0.1) is 17.7 Å². The van der Waals surface area contributed by atoms with E-state index >= 15 is 0 Å². The molecule has 1 heterocycles. The summed E-state index contributed by atoms with van der Waals surface area (Å²) >= 11 is 0. The van der Waals surface area contributed by atoms with Crippen molar-refractivity contribution in [3.63, 3.8) is 0 Å². The minimum absolute atomic E-state index is 0.352. The monoisotopic (exact) mass is 353 g/mol. The Balaban J connectivity index is 1.77. The van der Waals surface area contributed by atoms with Crippen LogP contribution in [0.15, 0.2) is 41.3 Å². The molecule has 3 rings (SSSR count). The molecular formula is C16H14F3N3O3. The van der Waals surface area contributed by atoms with Crippen molar-refractivity contribution in [2.45, 2.75) is 24.7 Å². The third-order valence-electron chi connectivity index (χ3n) is 3.97. The van der Waals surface area contributed by atoms with Crippen LogP contribution in [-0.4, -0.2) is 22.2 Å². The van der Waals surface area contributed by atoms with E-state index in [-0.39, 0.29) is 0 Å². The number of hydrogen-bond donors (Lipinski definition) is 4. The van der Waals surface area contributed by atoms with Gasteiger partial charge in [0.25, 0.3) is 5.56 Å². The number of aromatic amines is 1. The number of benzene rings is 1. The first-order valence-electron chi connectivity index (χ1n) is 7.39. The molecule has 0 radical (unpaired) electrons. The Morgan fingerprint density at radius 1 is 1.28 bits per heavy atom.